The third-order valence-corrected chi connectivity index (χ3v) is 4.53. The minimum atomic E-state index is -0.578. The smallest absolute Gasteiger partial charge is 0.258 e. The number of carbonyl (C=O) groups is 2. The summed E-state index contributed by atoms with van der Waals surface area (Å²) in [7, 11) is 0. The molecule has 1 aromatic heterocycles. The second-order valence-electron chi connectivity index (χ2n) is 6.22. The highest BCUT2D eigenvalue weighted by molar-refractivity contribution is 6.08. The standard InChI is InChI=1S/C21H16FN3O2/c22-18-4-2-1-3-17(18)20(26)24-16-6-5-14-9-12-25(19(14)13-16)21(27)15-7-10-23-11-8-15/h1-8,10-11,13H,9,12H2,(H,24,26). The van der Waals surface area contributed by atoms with E-state index in [1.165, 1.54) is 18.2 Å². The van der Waals surface area contributed by atoms with Gasteiger partial charge in [-0.25, -0.2) is 4.39 Å². The zero-order chi connectivity index (χ0) is 18.8. The Morgan fingerprint density at radius 2 is 1.81 bits per heavy atom. The number of nitrogens with zero attached hydrogens (tertiary/aromatic N) is 2. The Labute approximate surface area is 155 Å². The lowest BCUT2D eigenvalue weighted by atomic mass is 10.1. The van der Waals surface area contributed by atoms with Crippen LogP contribution in [-0.2, 0) is 6.42 Å². The lowest BCUT2D eigenvalue weighted by Crippen LogP contribution is -2.28. The Hall–Kier alpha value is -3.54. The van der Waals surface area contributed by atoms with E-state index >= 15 is 0 Å². The lowest BCUT2D eigenvalue weighted by Gasteiger charge is -2.18. The second-order valence-corrected chi connectivity index (χ2v) is 6.22. The molecule has 0 fully saturated rings. The van der Waals surface area contributed by atoms with Crippen molar-refractivity contribution in [2.45, 2.75) is 6.42 Å². The van der Waals surface area contributed by atoms with Gasteiger partial charge in [0.15, 0.2) is 0 Å². The first kappa shape index (κ1) is 16.9. The van der Waals surface area contributed by atoms with Gasteiger partial charge < -0.3 is 10.2 Å². The molecular weight excluding hydrogens is 345 g/mol. The molecule has 2 aromatic carbocycles. The van der Waals surface area contributed by atoms with Crippen LogP contribution in [0.2, 0.25) is 0 Å². The molecular formula is C21H16FN3O2. The molecule has 6 heteroatoms. The third-order valence-electron chi connectivity index (χ3n) is 4.53. The molecule has 3 aromatic rings. The molecule has 0 bridgehead atoms. The summed E-state index contributed by atoms with van der Waals surface area (Å²) in [5.74, 6) is -1.22. The Morgan fingerprint density at radius 3 is 2.59 bits per heavy atom. The number of anilines is 2. The van der Waals surface area contributed by atoms with Crippen LogP contribution < -0.4 is 10.2 Å². The fraction of sp³-hybridized carbons (Fsp3) is 0.0952. The Morgan fingerprint density at radius 1 is 1.04 bits per heavy atom. The van der Waals surface area contributed by atoms with Gasteiger partial charge in [-0.15, -0.1) is 0 Å². The second kappa shape index (κ2) is 6.99. The molecule has 2 heterocycles. The average molecular weight is 361 g/mol. The molecule has 0 atom stereocenters. The highest BCUT2D eigenvalue weighted by atomic mass is 19.1. The molecule has 0 radical (unpaired) electrons. The molecule has 0 unspecified atom stereocenters. The molecule has 0 spiro atoms. The van der Waals surface area contributed by atoms with Gasteiger partial charge >= 0.3 is 0 Å². The van der Waals surface area contributed by atoms with Gasteiger partial charge in [0, 0.05) is 35.9 Å². The molecule has 0 aliphatic carbocycles. The van der Waals surface area contributed by atoms with E-state index in [1.807, 2.05) is 6.07 Å². The first-order chi connectivity index (χ1) is 13.1. The molecule has 5 nitrogen and oxygen atoms in total. The monoisotopic (exact) mass is 361 g/mol. The van der Waals surface area contributed by atoms with Crippen molar-refractivity contribution in [2.75, 3.05) is 16.8 Å². The van der Waals surface area contributed by atoms with Crippen LogP contribution >= 0.6 is 0 Å². The number of fused-ring (bicyclic) bond motifs is 1. The summed E-state index contributed by atoms with van der Waals surface area (Å²) in [5.41, 5.74) is 2.82. The van der Waals surface area contributed by atoms with Crippen LogP contribution in [0.3, 0.4) is 0 Å². The number of hydrogen-bond donors (Lipinski definition) is 1. The first-order valence-electron chi connectivity index (χ1n) is 8.54. The zero-order valence-corrected chi connectivity index (χ0v) is 14.4. The number of hydrogen-bond acceptors (Lipinski definition) is 3. The number of nitrogens with one attached hydrogen (secondary N) is 1. The maximum absolute atomic E-state index is 13.8. The van der Waals surface area contributed by atoms with Gasteiger partial charge in [-0.3, -0.25) is 14.6 Å². The number of benzene rings is 2. The number of amides is 2. The van der Waals surface area contributed by atoms with Crippen molar-refractivity contribution < 1.29 is 14.0 Å². The van der Waals surface area contributed by atoms with E-state index in [0.717, 1.165) is 17.7 Å². The predicted octanol–water partition coefficient (Wildman–Crippen LogP) is 3.68. The van der Waals surface area contributed by atoms with Gasteiger partial charge in [0.25, 0.3) is 11.8 Å². The average Bonchev–Trinajstić information content (AvgIpc) is 3.11. The van der Waals surface area contributed by atoms with Crippen LogP contribution in [0.25, 0.3) is 0 Å². The van der Waals surface area contributed by atoms with Gasteiger partial charge in [-0.1, -0.05) is 18.2 Å². The van der Waals surface area contributed by atoms with E-state index in [9.17, 15) is 14.0 Å². The van der Waals surface area contributed by atoms with Crippen LogP contribution in [0.15, 0.2) is 67.0 Å². The van der Waals surface area contributed by atoms with Gasteiger partial charge in [-0.2, -0.15) is 0 Å². The van der Waals surface area contributed by atoms with E-state index < -0.39 is 11.7 Å². The number of pyridine rings is 1. The molecule has 4 rings (SSSR count). The predicted molar refractivity (Wildman–Crippen MR) is 100 cm³/mol. The molecule has 2 amide bonds. The van der Waals surface area contributed by atoms with E-state index in [0.29, 0.717) is 17.8 Å². The first-order valence-corrected chi connectivity index (χ1v) is 8.54. The summed E-state index contributed by atoms with van der Waals surface area (Å²) in [6.45, 7) is 0.571. The maximum atomic E-state index is 13.8. The van der Waals surface area contributed by atoms with Crippen molar-refractivity contribution in [3.63, 3.8) is 0 Å². The number of rotatable bonds is 3. The van der Waals surface area contributed by atoms with Crippen LogP contribution in [0, 0.1) is 5.82 Å². The Kier molecular flexibility index (Phi) is 4.38. The lowest BCUT2D eigenvalue weighted by molar-refractivity contribution is 0.0987. The van der Waals surface area contributed by atoms with Crippen molar-refractivity contribution in [1.82, 2.24) is 4.98 Å². The quantitative estimate of drug-likeness (QED) is 0.774. The minimum absolute atomic E-state index is 0.0253. The summed E-state index contributed by atoms with van der Waals surface area (Å²) in [4.78, 5) is 30.7. The van der Waals surface area contributed by atoms with Crippen LogP contribution in [0.5, 0.6) is 0 Å². The van der Waals surface area contributed by atoms with Gasteiger partial charge in [0.1, 0.15) is 5.82 Å². The molecule has 1 aliphatic rings. The summed E-state index contributed by atoms with van der Waals surface area (Å²) in [6, 6.07) is 14.5. The summed E-state index contributed by atoms with van der Waals surface area (Å²) >= 11 is 0. The van der Waals surface area contributed by atoms with Crippen molar-refractivity contribution in [1.29, 1.82) is 0 Å². The number of aromatic nitrogens is 1. The maximum Gasteiger partial charge on any atom is 0.258 e. The fourth-order valence-corrected chi connectivity index (χ4v) is 3.16. The van der Waals surface area contributed by atoms with Gasteiger partial charge in [0.05, 0.1) is 5.56 Å². The van der Waals surface area contributed by atoms with Crippen molar-refractivity contribution >= 4 is 23.2 Å². The molecule has 134 valence electrons. The molecule has 0 saturated heterocycles. The topological polar surface area (TPSA) is 62.3 Å². The molecule has 1 aliphatic heterocycles. The minimum Gasteiger partial charge on any atom is -0.322 e. The zero-order valence-electron chi connectivity index (χ0n) is 14.4. The Balaban J connectivity index is 1.59. The van der Waals surface area contributed by atoms with Crippen LogP contribution in [0.1, 0.15) is 26.3 Å². The Bertz CT molecular complexity index is 1020. The van der Waals surface area contributed by atoms with Gasteiger partial charge in [-0.05, 0) is 48.4 Å². The highest BCUT2D eigenvalue weighted by Crippen LogP contribution is 2.32. The summed E-state index contributed by atoms with van der Waals surface area (Å²) in [6.07, 6.45) is 3.90. The van der Waals surface area contributed by atoms with E-state index in [4.69, 9.17) is 0 Å². The fourth-order valence-electron chi connectivity index (χ4n) is 3.16. The van der Waals surface area contributed by atoms with E-state index in [2.05, 4.69) is 10.3 Å². The van der Waals surface area contributed by atoms with Crippen molar-refractivity contribution in [3.8, 4) is 0 Å². The normalized spacial score (nSPS) is 12.6. The third kappa shape index (κ3) is 3.29. The highest BCUT2D eigenvalue weighted by Gasteiger charge is 2.26. The van der Waals surface area contributed by atoms with Crippen LogP contribution in [0.4, 0.5) is 15.8 Å². The van der Waals surface area contributed by atoms with E-state index in [1.54, 1.807) is 47.6 Å². The van der Waals surface area contributed by atoms with Crippen molar-refractivity contribution in [2.24, 2.45) is 0 Å². The molecule has 0 saturated carbocycles. The van der Waals surface area contributed by atoms with Crippen molar-refractivity contribution in [3.05, 3.63) is 89.5 Å². The SMILES string of the molecule is O=C(Nc1ccc2c(c1)N(C(=O)c1ccncc1)CC2)c1ccccc1F. The summed E-state index contributed by atoms with van der Waals surface area (Å²) in [5, 5.41) is 2.70. The molecule has 27 heavy (non-hydrogen) atoms. The van der Waals surface area contributed by atoms with Gasteiger partial charge in [0.2, 0.25) is 0 Å². The number of halogens is 1. The van der Waals surface area contributed by atoms with E-state index in [-0.39, 0.29) is 11.5 Å². The number of carbonyl (C=O) groups excluding carboxylic acids is 2. The summed E-state index contributed by atoms with van der Waals surface area (Å²) < 4.78 is 13.8. The van der Waals surface area contributed by atoms with Crippen LogP contribution in [-0.4, -0.2) is 23.3 Å². The largest absolute Gasteiger partial charge is 0.322 e. The molecule has 1 N–H and O–H groups in total.